The zero-order valence-electron chi connectivity index (χ0n) is 21.8. The number of carboxylic acid groups (broad SMARTS) is 2. The largest absolute Gasteiger partial charge is 0.481 e. The third kappa shape index (κ3) is 9.89. The summed E-state index contributed by atoms with van der Waals surface area (Å²) in [7, 11) is 0. The molecule has 14 nitrogen and oxygen atoms in total. The van der Waals surface area contributed by atoms with Crippen molar-refractivity contribution < 1.29 is 39.0 Å². The Labute approximate surface area is 234 Å². The van der Waals surface area contributed by atoms with E-state index in [1.165, 1.54) is 11.8 Å². The van der Waals surface area contributed by atoms with Crippen molar-refractivity contribution in [3.63, 3.8) is 0 Å². The van der Waals surface area contributed by atoms with Crippen LogP contribution in [0.25, 0.3) is 10.9 Å². The van der Waals surface area contributed by atoms with Crippen molar-refractivity contribution >= 4 is 58.2 Å². The number of aromatic nitrogens is 1. The number of H-pyrrole nitrogens is 1. The fraction of sp³-hybridized carbons (Fsp3) is 0.440. The van der Waals surface area contributed by atoms with Gasteiger partial charge >= 0.3 is 11.9 Å². The summed E-state index contributed by atoms with van der Waals surface area (Å²) < 4.78 is 0. The second-order valence-electron chi connectivity index (χ2n) is 9.08. The number of fused-ring (bicyclic) bond motifs is 1. The predicted molar refractivity (Wildman–Crippen MR) is 147 cm³/mol. The van der Waals surface area contributed by atoms with Crippen LogP contribution in [0.3, 0.4) is 0 Å². The molecule has 0 aliphatic heterocycles. The van der Waals surface area contributed by atoms with E-state index in [1.807, 2.05) is 6.26 Å². The summed E-state index contributed by atoms with van der Waals surface area (Å²) in [5.74, 6) is -5.54. The van der Waals surface area contributed by atoms with Crippen molar-refractivity contribution in [3.05, 3.63) is 36.0 Å². The van der Waals surface area contributed by atoms with E-state index >= 15 is 0 Å². The Bertz CT molecular complexity index is 1230. The van der Waals surface area contributed by atoms with Gasteiger partial charge in [-0.3, -0.25) is 24.0 Å². The summed E-state index contributed by atoms with van der Waals surface area (Å²) in [5, 5.41) is 26.5. The first-order chi connectivity index (χ1) is 18.9. The van der Waals surface area contributed by atoms with Crippen LogP contribution in [0.1, 0.15) is 31.2 Å². The fourth-order valence-corrected chi connectivity index (χ4v) is 4.36. The van der Waals surface area contributed by atoms with Crippen LogP contribution in [-0.2, 0) is 35.2 Å². The zero-order valence-corrected chi connectivity index (χ0v) is 22.7. The number of carbonyl (C=O) groups excluding carboxylic acids is 4. The van der Waals surface area contributed by atoms with Gasteiger partial charge in [0.2, 0.25) is 23.6 Å². The molecule has 0 aliphatic rings. The van der Waals surface area contributed by atoms with Crippen molar-refractivity contribution in [3.8, 4) is 0 Å². The van der Waals surface area contributed by atoms with Crippen LogP contribution in [-0.4, -0.2) is 86.9 Å². The number of aromatic amines is 1. The summed E-state index contributed by atoms with van der Waals surface area (Å²) in [4.78, 5) is 76.2. The molecule has 10 N–H and O–H groups in total. The van der Waals surface area contributed by atoms with Gasteiger partial charge in [0.1, 0.15) is 18.1 Å². The lowest BCUT2D eigenvalue weighted by atomic mass is 10.0. The predicted octanol–water partition coefficient (Wildman–Crippen LogP) is -0.930. The highest BCUT2D eigenvalue weighted by Gasteiger charge is 2.31. The molecule has 2 aromatic rings. The number of rotatable bonds is 17. The number of primary amides is 1. The zero-order chi connectivity index (χ0) is 29.8. The number of hydrogen-bond acceptors (Lipinski definition) is 8. The van der Waals surface area contributed by atoms with E-state index in [4.69, 9.17) is 16.6 Å². The first kappa shape index (κ1) is 32.1. The van der Waals surface area contributed by atoms with Crippen LogP contribution in [0.15, 0.2) is 30.5 Å². The van der Waals surface area contributed by atoms with E-state index in [0.29, 0.717) is 17.7 Å². The van der Waals surface area contributed by atoms with Gasteiger partial charge in [-0.2, -0.15) is 11.8 Å². The maximum atomic E-state index is 13.3. The number of amides is 4. The molecule has 40 heavy (non-hydrogen) atoms. The molecule has 0 bridgehead atoms. The highest BCUT2D eigenvalue weighted by atomic mass is 32.2. The van der Waals surface area contributed by atoms with Gasteiger partial charge in [0, 0.05) is 29.9 Å². The molecule has 4 atom stereocenters. The Morgan fingerprint density at radius 2 is 1.55 bits per heavy atom. The fourth-order valence-electron chi connectivity index (χ4n) is 3.87. The van der Waals surface area contributed by atoms with E-state index in [0.717, 1.165) is 10.9 Å². The van der Waals surface area contributed by atoms with Crippen molar-refractivity contribution in [2.75, 3.05) is 12.0 Å². The van der Waals surface area contributed by atoms with Gasteiger partial charge in [0.15, 0.2) is 0 Å². The number of hydrogen-bond donors (Lipinski definition) is 8. The Balaban J connectivity index is 2.32. The first-order valence-corrected chi connectivity index (χ1v) is 13.8. The Kier molecular flexibility index (Phi) is 12.4. The van der Waals surface area contributed by atoms with Gasteiger partial charge in [-0.15, -0.1) is 0 Å². The Hall–Kier alpha value is -4.11. The monoisotopic (exact) mass is 578 g/mol. The maximum absolute atomic E-state index is 13.3. The summed E-state index contributed by atoms with van der Waals surface area (Å²) >= 11 is 1.48. The number of carboxylic acids is 2. The van der Waals surface area contributed by atoms with E-state index < -0.39 is 72.6 Å². The minimum absolute atomic E-state index is 0.0999. The molecule has 0 saturated heterocycles. The van der Waals surface area contributed by atoms with Crippen LogP contribution in [0.5, 0.6) is 0 Å². The lowest BCUT2D eigenvalue weighted by Crippen LogP contribution is -2.58. The molecule has 0 saturated carbocycles. The molecule has 218 valence electrons. The van der Waals surface area contributed by atoms with Crippen LogP contribution in [0.2, 0.25) is 0 Å². The SMILES string of the molecule is CSCCC(N)C(=O)NC(CCC(=O)O)C(=O)NC(Cc1c[nH]c2ccccc12)C(=O)NC(CC(N)=O)C(=O)O. The summed E-state index contributed by atoms with van der Waals surface area (Å²) in [5.41, 5.74) is 12.4. The Morgan fingerprint density at radius 3 is 2.17 bits per heavy atom. The summed E-state index contributed by atoms with van der Waals surface area (Å²) in [6.45, 7) is 0. The molecule has 4 amide bonds. The number of nitrogens with one attached hydrogen (secondary N) is 4. The highest BCUT2D eigenvalue weighted by molar-refractivity contribution is 7.98. The summed E-state index contributed by atoms with van der Waals surface area (Å²) in [6.07, 6.45) is 2.26. The van der Waals surface area contributed by atoms with Gasteiger partial charge < -0.3 is 42.6 Å². The van der Waals surface area contributed by atoms with E-state index in [1.54, 1.807) is 30.5 Å². The number of aliphatic carboxylic acids is 2. The van der Waals surface area contributed by atoms with E-state index in [-0.39, 0.29) is 12.8 Å². The minimum atomic E-state index is -1.65. The molecule has 0 spiro atoms. The minimum Gasteiger partial charge on any atom is -0.481 e. The molecule has 1 aromatic heterocycles. The van der Waals surface area contributed by atoms with E-state index in [9.17, 15) is 33.9 Å². The molecule has 0 aliphatic carbocycles. The van der Waals surface area contributed by atoms with Gasteiger partial charge in [-0.05, 0) is 36.5 Å². The quantitative estimate of drug-likeness (QED) is 0.114. The smallest absolute Gasteiger partial charge is 0.326 e. The molecule has 2 rings (SSSR count). The average Bonchev–Trinajstić information content (AvgIpc) is 3.30. The van der Waals surface area contributed by atoms with Crippen LogP contribution in [0, 0.1) is 0 Å². The molecule has 1 aromatic carbocycles. The second-order valence-corrected chi connectivity index (χ2v) is 10.1. The molecule has 0 fully saturated rings. The maximum Gasteiger partial charge on any atom is 0.326 e. The van der Waals surface area contributed by atoms with Crippen molar-refractivity contribution in [1.29, 1.82) is 0 Å². The number of nitrogens with two attached hydrogens (primary N) is 2. The van der Waals surface area contributed by atoms with E-state index in [2.05, 4.69) is 20.9 Å². The van der Waals surface area contributed by atoms with Crippen LogP contribution >= 0.6 is 11.8 Å². The van der Waals surface area contributed by atoms with Gasteiger partial charge in [0.25, 0.3) is 0 Å². The molecule has 1 heterocycles. The molecule has 0 radical (unpaired) electrons. The lowest BCUT2D eigenvalue weighted by Gasteiger charge is -2.25. The molecule has 15 heteroatoms. The normalized spacial score (nSPS) is 13.9. The van der Waals surface area contributed by atoms with Crippen molar-refractivity contribution in [2.45, 2.75) is 56.3 Å². The van der Waals surface area contributed by atoms with Crippen molar-refractivity contribution in [2.24, 2.45) is 11.5 Å². The summed E-state index contributed by atoms with van der Waals surface area (Å²) in [6, 6.07) is 1.87. The lowest BCUT2D eigenvalue weighted by molar-refractivity contribution is -0.143. The third-order valence-corrected chi connectivity index (χ3v) is 6.65. The molecule has 4 unspecified atom stereocenters. The number of carbonyl (C=O) groups is 6. The number of para-hydroxylation sites is 1. The van der Waals surface area contributed by atoms with Gasteiger partial charge in [-0.1, -0.05) is 18.2 Å². The number of thioether (sulfide) groups is 1. The van der Waals surface area contributed by atoms with Gasteiger partial charge in [-0.25, -0.2) is 4.79 Å². The molecular weight excluding hydrogens is 544 g/mol. The Morgan fingerprint density at radius 1 is 0.925 bits per heavy atom. The standard InChI is InChI=1S/C25H34N6O8S/c1-40-9-8-15(26)22(35)29-17(6-7-21(33)34)23(36)30-18(24(37)31-19(25(38)39)11-20(27)32)10-13-12-28-16-5-3-2-4-14(13)16/h2-5,12,15,17-19,28H,6-11,26H2,1H3,(H2,27,32)(H,29,35)(H,30,36)(H,31,37)(H,33,34)(H,38,39). The number of benzene rings is 1. The second kappa shape index (κ2) is 15.5. The highest BCUT2D eigenvalue weighted by Crippen LogP contribution is 2.19. The first-order valence-electron chi connectivity index (χ1n) is 12.4. The average molecular weight is 579 g/mol. The topological polar surface area (TPSA) is 247 Å². The van der Waals surface area contributed by atoms with Crippen LogP contribution < -0.4 is 27.4 Å². The van der Waals surface area contributed by atoms with Crippen molar-refractivity contribution in [1.82, 2.24) is 20.9 Å². The van der Waals surface area contributed by atoms with Gasteiger partial charge in [0.05, 0.1) is 12.5 Å². The third-order valence-electron chi connectivity index (χ3n) is 6.00. The van der Waals surface area contributed by atoms with Crippen LogP contribution in [0.4, 0.5) is 0 Å². The molecular formula is C25H34N6O8S.